The van der Waals surface area contributed by atoms with E-state index >= 15 is 0 Å². The molecule has 24 heavy (non-hydrogen) atoms. The first kappa shape index (κ1) is 18.2. The number of aromatic nitrogens is 2. The Morgan fingerprint density at radius 2 is 1.88 bits per heavy atom. The third-order valence-electron chi connectivity index (χ3n) is 3.68. The van der Waals surface area contributed by atoms with Gasteiger partial charge in [0.1, 0.15) is 0 Å². The number of nitrogens with one attached hydrogen (secondary N) is 1. The van der Waals surface area contributed by atoms with Crippen molar-refractivity contribution in [3.05, 3.63) is 41.9 Å². The van der Waals surface area contributed by atoms with Crippen LogP contribution >= 0.6 is 0 Å². The number of hydrogen-bond acceptors (Lipinski definition) is 3. The minimum Gasteiger partial charge on any atom is -0.383 e. The highest BCUT2D eigenvalue weighted by Crippen LogP contribution is 2.35. The van der Waals surface area contributed by atoms with Crippen molar-refractivity contribution in [3.8, 4) is 11.3 Å². The molecule has 0 saturated carbocycles. The van der Waals surface area contributed by atoms with E-state index in [-0.39, 0.29) is 11.4 Å². The standard InChI is InChI=1S/C18H22F3N3/c1-3-4-5-6-9-23-16-8-7-15(24-17(16)18(19,20)21)14-10-13(2)11-22-12-14/h7-8,10-12,23H,3-6,9H2,1-2H3. The summed E-state index contributed by atoms with van der Waals surface area (Å²) in [6.45, 7) is 4.45. The Morgan fingerprint density at radius 3 is 2.54 bits per heavy atom. The Morgan fingerprint density at radius 1 is 1.08 bits per heavy atom. The fraction of sp³-hybridized carbons (Fsp3) is 0.444. The topological polar surface area (TPSA) is 37.8 Å². The van der Waals surface area contributed by atoms with Crippen LogP contribution in [0.4, 0.5) is 18.9 Å². The molecule has 0 aliphatic heterocycles. The van der Waals surface area contributed by atoms with Crippen LogP contribution in [0.2, 0.25) is 0 Å². The molecule has 2 aromatic heterocycles. The predicted octanol–water partition coefficient (Wildman–Crippen LogP) is 5.46. The number of unbranched alkanes of at least 4 members (excludes halogenated alkanes) is 3. The summed E-state index contributed by atoms with van der Waals surface area (Å²) in [6.07, 6.45) is 2.70. The van der Waals surface area contributed by atoms with Crippen LogP contribution in [-0.4, -0.2) is 16.5 Å². The van der Waals surface area contributed by atoms with Gasteiger partial charge in [-0.2, -0.15) is 13.2 Å². The third-order valence-corrected chi connectivity index (χ3v) is 3.68. The average molecular weight is 337 g/mol. The van der Waals surface area contributed by atoms with Crippen LogP contribution in [-0.2, 0) is 6.18 Å². The van der Waals surface area contributed by atoms with Gasteiger partial charge in [-0.25, -0.2) is 4.98 Å². The highest BCUT2D eigenvalue weighted by atomic mass is 19.4. The third kappa shape index (κ3) is 4.94. The van der Waals surface area contributed by atoms with Crippen molar-refractivity contribution < 1.29 is 13.2 Å². The number of halogens is 3. The monoisotopic (exact) mass is 337 g/mol. The minimum absolute atomic E-state index is 0.0309. The lowest BCUT2D eigenvalue weighted by atomic mass is 10.1. The number of anilines is 1. The Kier molecular flexibility index (Phi) is 6.17. The Bertz CT molecular complexity index is 669. The molecule has 0 bridgehead atoms. The molecule has 6 heteroatoms. The van der Waals surface area contributed by atoms with Crippen LogP contribution in [0, 0.1) is 6.92 Å². The van der Waals surface area contributed by atoms with E-state index in [1.54, 1.807) is 18.3 Å². The zero-order valence-electron chi connectivity index (χ0n) is 14.0. The van der Waals surface area contributed by atoms with Gasteiger partial charge in [0.15, 0.2) is 5.69 Å². The first-order chi connectivity index (χ1) is 11.4. The van der Waals surface area contributed by atoms with Crippen molar-refractivity contribution in [3.63, 3.8) is 0 Å². The summed E-state index contributed by atoms with van der Waals surface area (Å²) < 4.78 is 40.0. The quantitative estimate of drug-likeness (QED) is 0.681. The summed E-state index contributed by atoms with van der Waals surface area (Å²) in [4.78, 5) is 7.86. The van der Waals surface area contributed by atoms with E-state index in [0.29, 0.717) is 12.1 Å². The second kappa shape index (κ2) is 8.13. The molecule has 0 amide bonds. The number of rotatable bonds is 7. The maximum absolute atomic E-state index is 13.3. The van der Waals surface area contributed by atoms with Gasteiger partial charge < -0.3 is 5.32 Å². The predicted molar refractivity (Wildman–Crippen MR) is 89.8 cm³/mol. The van der Waals surface area contributed by atoms with Crippen LogP contribution in [0.1, 0.15) is 43.9 Å². The highest BCUT2D eigenvalue weighted by molar-refractivity contribution is 5.63. The van der Waals surface area contributed by atoms with Crippen LogP contribution in [0.5, 0.6) is 0 Å². The van der Waals surface area contributed by atoms with Gasteiger partial charge >= 0.3 is 6.18 Å². The van der Waals surface area contributed by atoms with Crippen molar-refractivity contribution >= 4 is 5.69 Å². The van der Waals surface area contributed by atoms with E-state index in [1.165, 1.54) is 12.3 Å². The molecule has 2 heterocycles. The maximum Gasteiger partial charge on any atom is 0.435 e. The normalized spacial score (nSPS) is 11.5. The van der Waals surface area contributed by atoms with Crippen molar-refractivity contribution in [2.45, 2.75) is 45.7 Å². The molecular weight excluding hydrogens is 315 g/mol. The molecule has 3 nitrogen and oxygen atoms in total. The SMILES string of the molecule is CCCCCCNc1ccc(-c2cncc(C)c2)nc1C(F)(F)F. The van der Waals surface area contributed by atoms with Gasteiger partial charge in [0, 0.05) is 24.5 Å². The lowest BCUT2D eigenvalue weighted by Crippen LogP contribution is -2.14. The van der Waals surface area contributed by atoms with Gasteiger partial charge in [-0.3, -0.25) is 4.98 Å². The minimum atomic E-state index is -4.50. The number of pyridine rings is 2. The van der Waals surface area contributed by atoms with Gasteiger partial charge in [0.05, 0.1) is 11.4 Å². The molecule has 0 unspecified atom stereocenters. The molecule has 2 aromatic rings. The summed E-state index contributed by atoms with van der Waals surface area (Å²) in [5.41, 5.74) is 0.881. The summed E-state index contributed by atoms with van der Waals surface area (Å²) in [7, 11) is 0. The molecule has 0 radical (unpaired) electrons. The molecule has 0 saturated heterocycles. The molecule has 0 aromatic carbocycles. The number of alkyl halides is 3. The van der Waals surface area contributed by atoms with E-state index in [2.05, 4.69) is 22.2 Å². The van der Waals surface area contributed by atoms with Crippen LogP contribution in [0.15, 0.2) is 30.6 Å². The van der Waals surface area contributed by atoms with Crippen molar-refractivity contribution in [1.29, 1.82) is 0 Å². The first-order valence-corrected chi connectivity index (χ1v) is 8.16. The molecule has 2 rings (SSSR count). The smallest absolute Gasteiger partial charge is 0.383 e. The van der Waals surface area contributed by atoms with Crippen molar-refractivity contribution in [2.24, 2.45) is 0 Å². The number of nitrogens with zero attached hydrogens (tertiary/aromatic N) is 2. The van der Waals surface area contributed by atoms with Crippen molar-refractivity contribution in [2.75, 3.05) is 11.9 Å². The van der Waals surface area contributed by atoms with Gasteiger partial charge in [-0.15, -0.1) is 0 Å². The summed E-state index contributed by atoms with van der Waals surface area (Å²) in [6, 6.07) is 4.82. The summed E-state index contributed by atoms with van der Waals surface area (Å²) >= 11 is 0. The number of aryl methyl sites for hydroxylation is 1. The highest BCUT2D eigenvalue weighted by Gasteiger charge is 2.36. The largest absolute Gasteiger partial charge is 0.435 e. The number of hydrogen-bond donors (Lipinski definition) is 1. The molecule has 1 N–H and O–H groups in total. The van der Waals surface area contributed by atoms with E-state index < -0.39 is 11.9 Å². The maximum atomic E-state index is 13.3. The second-order valence-electron chi connectivity index (χ2n) is 5.83. The van der Waals surface area contributed by atoms with Gasteiger partial charge in [0.2, 0.25) is 0 Å². The van der Waals surface area contributed by atoms with E-state index in [1.807, 2.05) is 6.92 Å². The average Bonchev–Trinajstić information content (AvgIpc) is 2.54. The molecule has 0 fully saturated rings. The van der Waals surface area contributed by atoms with Crippen LogP contribution < -0.4 is 5.32 Å². The zero-order chi connectivity index (χ0) is 17.6. The van der Waals surface area contributed by atoms with Crippen LogP contribution in [0.3, 0.4) is 0 Å². The molecular formula is C18H22F3N3. The van der Waals surface area contributed by atoms with Gasteiger partial charge in [0.25, 0.3) is 0 Å². The fourth-order valence-electron chi connectivity index (χ4n) is 2.45. The Labute approximate surface area is 140 Å². The van der Waals surface area contributed by atoms with E-state index in [9.17, 15) is 13.2 Å². The molecule has 0 spiro atoms. The fourth-order valence-corrected chi connectivity index (χ4v) is 2.45. The van der Waals surface area contributed by atoms with E-state index in [4.69, 9.17) is 0 Å². The summed E-state index contributed by atoms with van der Waals surface area (Å²) in [5, 5.41) is 2.87. The van der Waals surface area contributed by atoms with Crippen molar-refractivity contribution in [1.82, 2.24) is 9.97 Å². The zero-order valence-corrected chi connectivity index (χ0v) is 14.0. The van der Waals surface area contributed by atoms with E-state index in [0.717, 1.165) is 31.2 Å². The lowest BCUT2D eigenvalue weighted by molar-refractivity contribution is -0.140. The lowest BCUT2D eigenvalue weighted by Gasteiger charge is -2.15. The molecule has 0 aliphatic carbocycles. The van der Waals surface area contributed by atoms with Crippen LogP contribution in [0.25, 0.3) is 11.3 Å². The summed E-state index contributed by atoms with van der Waals surface area (Å²) in [5.74, 6) is 0. The Hall–Kier alpha value is -2.11. The Balaban J connectivity index is 2.23. The molecule has 0 atom stereocenters. The molecule has 130 valence electrons. The second-order valence-corrected chi connectivity index (χ2v) is 5.83. The first-order valence-electron chi connectivity index (χ1n) is 8.16. The molecule has 0 aliphatic rings. The van der Waals surface area contributed by atoms with Gasteiger partial charge in [-0.05, 0) is 37.1 Å². The van der Waals surface area contributed by atoms with Gasteiger partial charge in [-0.1, -0.05) is 26.2 Å².